The first-order valence-electron chi connectivity index (χ1n) is 10.7. The fourth-order valence-electron chi connectivity index (χ4n) is 4.11. The molecule has 5 nitrogen and oxygen atoms in total. The van der Waals surface area contributed by atoms with Crippen molar-refractivity contribution in [2.75, 3.05) is 0 Å². The molecule has 0 atom stereocenters. The molecule has 5 heterocycles. The van der Waals surface area contributed by atoms with E-state index in [1.807, 2.05) is 66.9 Å². The van der Waals surface area contributed by atoms with Gasteiger partial charge in [0.2, 0.25) is 0 Å². The van der Waals surface area contributed by atoms with Crippen molar-refractivity contribution in [3.63, 3.8) is 0 Å². The highest BCUT2D eigenvalue weighted by atomic mass is 15.0. The second-order valence-corrected chi connectivity index (χ2v) is 7.64. The highest BCUT2D eigenvalue weighted by molar-refractivity contribution is 5.84. The van der Waals surface area contributed by atoms with E-state index in [1.54, 1.807) is 18.6 Å². The summed E-state index contributed by atoms with van der Waals surface area (Å²) in [6.07, 6.45) is 7.44. The van der Waals surface area contributed by atoms with Gasteiger partial charge in [-0.1, -0.05) is 48.5 Å². The fourth-order valence-corrected chi connectivity index (χ4v) is 4.11. The molecule has 6 rings (SSSR count). The predicted molar refractivity (Wildman–Crippen MR) is 130 cm³/mol. The molecule has 0 aliphatic heterocycles. The minimum absolute atomic E-state index is 0.852. The zero-order valence-electron chi connectivity index (χ0n) is 17.7. The molecule has 0 aliphatic rings. The molecular formula is C28H19N5. The molecule has 5 aromatic heterocycles. The summed E-state index contributed by atoms with van der Waals surface area (Å²) in [5.41, 5.74) is 8.56. The maximum absolute atomic E-state index is 4.88. The summed E-state index contributed by atoms with van der Waals surface area (Å²) in [4.78, 5) is 18.5. The molecular weight excluding hydrogens is 406 g/mol. The van der Waals surface area contributed by atoms with Gasteiger partial charge in [0.15, 0.2) is 0 Å². The first-order valence-corrected chi connectivity index (χ1v) is 10.7. The molecule has 0 N–H and O–H groups in total. The average molecular weight is 425 g/mol. The molecule has 0 bridgehead atoms. The molecule has 6 aromatic rings. The van der Waals surface area contributed by atoms with Gasteiger partial charge in [0.05, 0.1) is 22.8 Å². The summed E-state index contributed by atoms with van der Waals surface area (Å²) in [5, 5.41) is 0. The largest absolute Gasteiger partial charge is 0.299 e. The lowest BCUT2D eigenvalue weighted by Crippen LogP contribution is -1.92. The van der Waals surface area contributed by atoms with Crippen molar-refractivity contribution in [2.45, 2.75) is 0 Å². The number of nitrogens with zero attached hydrogens (tertiary/aromatic N) is 5. The molecule has 156 valence electrons. The number of fused-ring (bicyclic) bond motifs is 1. The Kier molecular flexibility index (Phi) is 4.70. The Morgan fingerprint density at radius 1 is 0.515 bits per heavy atom. The fraction of sp³-hybridized carbons (Fsp3) is 0. The third-order valence-electron chi connectivity index (χ3n) is 5.62. The van der Waals surface area contributed by atoms with Crippen LogP contribution in [0.5, 0.6) is 0 Å². The Hall–Kier alpha value is -4.64. The van der Waals surface area contributed by atoms with Crippen LogP contribution in [0.25, 0.3) is 50.8 Å². The lowest BCUT2D eigenvalue weighted by molar-refractivity contribution is 1.19. The Bertz CT molecular complexity index is 1540. The van der Waals surface area contributed by atoms with Gasteiger partial charge in [0.25, 0.3) is 0 Å². The Morgan fingerprint density at radius 3 is 1.91 bits per heavy atom. The SMILES string of the molecule is c1ccc(-c2ncccc2-c2ccc(-c3c(-c4ccccn4)nc4ccccn34)cc2)nc1. The first kappa shape index (κ1) is 19.1. The normalized spacial score (nSPS) is 11.0. The van der Waals surface area contributed by atoms with Gasteiger partial charge < -0.3 is 0 Å². The van der Waals surface area contributed by atoms with Gasteiger partial charge >= 0.3 is 0 Å². The highest BCUT2D eigenvalue weighted by Gasteiger charge is 2.17. The average Bonchev–Trinajstić information content (AvgIpc) is 3.30. The second kappa shape index (κ2) is 8.13. The summed E-state index contributed by atoms with van der Waals surface area (Å²) < 4.78 is 2.11. The first-order chi connectivity index (χ1) is 16.4. The number of hydrogen-bond donors (Lipinski definition) is 0. The summed E-state index contributed by atoms with van der Waals surface area (Å²) >= 11 is 0. The zero-order chi connectivity index (χ0) is 22.0. The number of aromatic nitrogens is 5. The van der Waals surface area contributed by atoms with Crippen molar-refractivity contribution in [1.82, 2.24) is 24.3 Å². The number of rotatable bonds is 4. The standard InChI is InChI=1S/C28H19N5/c1-4-16-29-23(9-1)26-22(8-7-18-31-26)20-12-14-21(15-13-20)28-27(24-10-2-5-17-30-24)32-25-11-3-6-19-33(25)28/h1-19H. The van der Waals surface area contributed by atoms with Gasteiger partial charge in [-0.15, -0.1) is 0 Å². The molecule has 0 unspecified atom stereocenters. The monoisotopic (exact) mass is 425 g/mol. The van der Waals surface area contributed by atoms with Gasteiger partial charge in [0.1, 0.15) is 11.3 Å². The molecule has 0 fully saturated rings. The van der Waals surface area contributed by atoms with Crippen LogP contribution in [0.3, 0.4) is 0 Å². The second-order valence-electron chi connectivity index (χ2n) is 7.64. The van der Waals surface area contributed by atoms with E-state index in [-0.39, 0.29) is 0 Å². The van der Waals surface area contributed by atoms with Gasteiger partial charge in [-0.05, 0) is 48.0 Å². The van der Waals surface area contributed by atoms with Crippen molar-refractivity contribution >= 4 is 5.65 Å². The number of hydrogen-bond acceptors (Lipinski definition) is 4. The molecule has 1 aromatic carbocycles. The van der Waals surface area contributed by atoms with Crippen molar-refractivity contribution in [1.29, 1.82) is 0 Å². The van der Waals surface area contributed by atoms with E-state index >= 15 is 0 Å². The molecule has 0 saturated heterocycles. The van der Waals surface area contributed by atoms with Crippen molar-refractivity contribution in [2.24, 2.45) is 0 Å². The van der Waals surface area contributed by atoms with Crippen LogP contribution in [-0.2, 0) is 0 Å². The van der Waals surface area contributed by atoms with Crippen LogP contribution in [-0.4, -0.2) is 24.3 Å². The third kappa shape index (κ3) is 3.46. The summed E-state index contributed by atoms with van der Waals surface area (Å²) in [7, 11) is 0. The van der Waals surface area contributed by atoms with Crippen LogP contribution < -0.4 is 0 Å². The molecule has 0 spiro atoms. The molecule has 5 heteroatoms. The van der Waals surface area contributed by atoms with E-state index in [0.29, 0.717) is 0 Å². The van der Waals surface area contributed by atoms with Crippen LogP contribution in [0, 0.1) is 0 Å². The smallest absolute Gasteiger partial charge is 0.138 e. The Morgan fingerprint density at radius 2 is 1.18 bits per heavy atom. The zero-order valence-corrected chi connectivity index (χ0v) is 17.7. The van der Waals surface area contributed by atoms with Crippen molar-refractivity contribution in [3.05, 3.63) is 116 Å². The third-order valence-corrected chi connectivity index (χ3v) is 5.62. The lowest BCUT2D eigenvalue weighted by atomic mass is 9.99. The molecule has 0 radical (unpaired) electrons. The Balaban J connectivity index is 1.48. The minimum atomic E-state index is 0.852. The number of imidazole rings is 1. The summed E-state index contributed by atoms with van der Waals surface area (Å²) in [6.45, 7) is 0. The van der Waals surface area contributed by atoms with E-state index in [1.165, 1.54) is 0 Å². The molecule has 33 heavy (non-hydrogen) atoms. The van der Waals surface area contributed by atoms with Crippen LogP contribution in [0.4, 0.5) is 0 Å². The topological polar surface area (TPSA) is 56.0 Å². The quantitative estimate of drug-likeness (QED) is 0.338. The van der Waals surface area contributed by atoms with Crippen molar-refractivity contribution in [3.8, 4) is 45.2 Å². The summed E-state index contributed by atoms with van der Waals surface area (Å²) in [6, 6.07) is 30.4. The van der Waals surface area contributed by atoms with E-state index in [0.717, 1.165) is 50.8 Å². The van der Waals surface area contributed by atoms with E-state index in [4.69, 9.17) is 4.98 Å². The minimum Gasteiger partial charge on any atom is -0.299 e. The molecule has 0 aliphatic carbocycles. The van der Waals surface area contributed by atoms with Crippen LogP contribution >= 0.6 is 0 Å². The van der Waals surface area contributed by atoms with Crippen LogP contribution in [0.2, 0.25) is 0 Å². The predicted octanol–water partition coefficient (Wildman–Crippen LogP) is 6.19. The maximum atomic E-state index is 4.88. The summed E-state index contributed by atoms with van der Waals surface area (Å²) in [5.74, 6) is 0. The van der Waals surface area contributed by atoms with E-state index in [9.17, 15) is 0 Å². The van der Waals surface area contributed by atoms with Gasteiger partial charge in [-0.25, -0.2) is 4.98 Å². The Labute approximate surface area is 191 Å². The van der Waals surface area contributed by atoms with Gasteiger partial charge in [-0.2, -0.15) is 0 Å². The van der Waals surface area contributed by atoms with Gasteiger partial charge in [-0.3, -0.25) is 19.4 Å². The van der Waals surface area contributed by atoms with Gasteiger partial charge in [0, 0.05) is 35.9 Å². The maximum Gasteiger partial charge on any atom is 0.138 e. The highest BCUT2D eigenvalue weighted by Crippen LogP contribution is 2.34. The lowest BCUT2D eigenvalue weighted by Gasteiger charge is -2.10. The van der Waals surface area contributed by atoms with Crippen LogP contribution in [0.1, 0.15) is 0 Å². The van der Waals surface area contributed by atoms with Crippen LogP contribution in [0.15, 0.2) is 116 Å². The molecule has 0 saturated carbocycles. The number of benzene rings is 1. The van der Waals surface area contributed by atoms with Crippen molar-refractivity contribution < 1.29 is 0 Å². The molecule has 0 amide bonds. The van der Waals surface area contributed by atoms with E-state index in [2.05, 4.69) is 49.7 Å². The van der Waals surface area contributed by atoms with E-state index < -0.39 is 0 Å². The number of pyridine rings is 4.